The summed E-state index contributed by atoms with van der Waals surface area (Å²) in [4.78, 5) is 47.7. The van der Waals surface area contributed by atoms with Gasteiger partial charge < -0.3 is 26.0 Å². The topological polar surface area (TPSA) is 129 Å². The number of thiazole rings is 1. The minimum atomic E-state index is -0.756. The Morgan fingerprint density at radius 2 is 2.03 bits per heavy atom. The molecular weight excluding hydrogens is 502 g/mol. The molecule has 208 valence electrons. The first kappa shape index (κ1) is 29.7. The zero-order valence-electron chi connectivity index (χ0n) is 23.3. The number of amides is 3. The van der Waals surface area contributed by atoms with Crippen LogP contribution < -0.4 is 11.1 Å². The van der Waals surface area contributed by atoms with Crippen LogP contribution in [0, 0.1) is 12.3 Å². The quantitative estimate of drug-likeness (QED) is 0.423. The number of hydrogen-bond donors (Lipinski definition) is 3. The van der Waals surface area contributed by atoms with E-state index >= 15 is 0 Å². The van der Waals surface area contributed by atoms with Crippen molar-refractivity contribution in [2.45, 2.75) is 78.1 Å². The largest absolute Gasteiger partial charge is 0.391 e. The van der Waals surface area contributed by atoms with Crippen molar-refractivity contribution in [1.82, 2.24) is 20.1 Å². The van der Waals surface area contributed by atoms with Gasteiger partial charge in [0.2, 0.25) is 11.8 Å². The highest BCUT2D eigenvalue weighted by molar-refractivity contribution is 7.13. The summed E-state index contributed by atoms with van der Waals surface area (Å²) in [6.07, 6.45) is 1.31. The van der Waals surface area contributed by atoms with E-state index < -0.39 is 12.1 Å². The molecule has 1 aromatic carbocycles. The van der Waals surface area contributed by atoms with Crippen LogP contribution in [-0.4, -0.2) is 76.4 Å². The number of aromatic nitrogens is 1. The number of likely N-dealkylation sites (tertiary alicyclic amines) is 1. The first-order valence-electron chi connectivity index (χ1n) is 13.0. The van der Waals surface area contributed by atoms with Crippen LogP contribution in [0.4, 0.5) is 0 Å². The second-order valence-electron chi connectivity index (χ2n) is 11.4. The molecule has 3 amide bonds. The molecule has 2 heterocycles. The van der Waals surface area contributed by atoms with Crippen LogP contribution in [0.15, 0.2) is 23.7 Å². The third kappa shape index (κ3) is 7.39. The van der Waals surface area contributed by atoms with Gasteiger partial charge in [0.25, 0.3) is 5.91 Å². The molecule has 1 saturated heterocycles. The van der Waals surface area contributed by atoms with Gasteiger partial charge in [-0.15, -0.1) is 11.3 Å². The summed E-state index contributed by atoms with van der Waals surface area (Å²) in [5, 5.41) is 13.2. The summed E-state index contributed by atoms with van der Waals surface area (Å²) in [5.41, 5.74) is 10.4. The number of β-amino-alcohol motifs (C(OH)–C–C–N with tert-alkyl or cyclic N) is 1. The van der Waals surface area contributed by atoms with E-state index in [1.54, 1.807) is 19.6 Å². The molecule has 9 nitrogen and oxygen atoms in total. The average molecular weight is 544 g/mol. The molecule has 3 rings (SSSR count). The Labute approximate surface area is 229 Å². The molecule has 1 aliphatic rings. The van der Waals surface area contributed by atoms with Gasteiger partial charge in [0.15, 0.2) is 0 Å². The maximum Gasteiger partial charge on any atom is 0.253 e. The summed E-state index contributed by atoms with van der Waals surface area (Å²) in [5.74, 6) is -0.654. The molecule has 0 bridgehead atoms. The number of carbonyl (C=O) groups excluding carboxylic acids is 3. The lowest BCUT2D eigenvalue weighted by Crippen LogP contribution is -2.46. The van der Waals surface area contributed by atoms with E-state index in [0.29, 0.717) is 11.1 Å². The number of aliphatic hydroxyl groups excluding tert-OH is 1. The molecule has 0 saturated carbocycles. The van der Waals surface area contributed by atoms with Gasteiger partial charge in [-0.25, -0.2) is 4.98 Å². The Hall–Kier alpha value is -2.82. The SMILES string of the molecule is Cc1ncsc1-c1ccc(CNC(=O)[C@@H]2C[C@@H](O)CN2C(=O)CC(C)(C)CCC(C)N)c(C(=O)N(C)C)c1. The number of nitrogens with zero attached hydrogens (tertiary/aromatic N) is 3. The van der Waals surface area contributed by atoms with Crippen molar-refractivity contribution in [3.8, 4) is 10.4 Å². The Morgan fingerprint density at radius 1 is 1.32 bits per heavy atom. The van der Waals surface area contributed by atoms with E-state index in [4.69, 9.17) is 5.73 Å². The first-order chi connectivity index (χ1) is 17.8. The van der Waals surface area contributed by atoms with Crippen LogP contribution in [-0.2, 0) is 16.1 Å². The second-order valence-corrected chi connectivity index (χ2v) is 12.2. The maximum atomic E-state index is 13.2. The Balaban J connectivity index is 1.74. The highest BCUT2D eigenvalue weighted by atomic mass is 32.1. The van der Waals surface area contributed by atoms with Crippen molar-refractivity contribution in [3.05, 3.63) is 40.5 Å². The zero-order chi connectivity index (χ0) is 28.2. The number of nitrogens with one attached hydrogen (secondary N) is 1. The van der Waals surface area contributed by atoms with Crippen LogP contribution in [0.1, 0.15) is 68.1 Å². The molecule has 3 atom stereocenters. The van der Waals surface area contributed by atoms with Crippen LogP contribution in [0.2, 0.25) is 0 Å². The fourth-order valence-electron chi connectivity index (χ4n) is 4.75. The highest BCUT2D eigenvalue weighted by Crippen LogP contribution is 2.31. The number of hydrogen-bond acceptors (Lipinski definition) is 7. The predicted molar refractivity (Wildman–Crippen MR) is 150 cm³/mol. The summed E-state index contributed by atoms with van der Waals surface area (Å²) in [7, 11) is 3.38. The maximum absolute atomic E-state index is 13.2. The van der Waals surface area contributed by atoms with Gasteiger partial charge in [-0.3, -0.25) is 14.4 Å². The second kappa shape index (κ2) is 12.4. The third-order valence-electron chi connectivity index (χ3n) is 7.02. The number of carbonyl (C=O) groups is 3. The van der Waals surface area contributed by atoms with Gasteiger partial charge in [-0.2, -0.15) is 0 Å². The minimum Gasteiger partial charge on any atom is -0.391 e. The Kier molecular flexibility index (Phi) is 9.67. The molecule has 0 aliphatic carbocycles. The van der Waals surface area contributed by atoms with E-state index in [0.717, 1.165) is 29.0 Å². The summed E-state index contributed by atoms with van der Waals surface area (Å²) < 4.78 is 0. The predicted octanol–water partition coefficient (Wildman–Crippen LogP) is 2.94. The Bertz CT molecular complexity index is 1160. The minimum absolute atomic E-state index is 0.0563. The van der Waals surface area contributed by atoms with Gasteiger partial charge in [0.1, 0.15) is 6.04 Å². The van der Waals surface area contributed by atoms with Gasteiger partial charge >= 0.3 is 0 Å². The number of benzene rings is 1. The van der Waals surface area contributed by atoms with Crippen molar-refractivity contribution in [2.75, 3.05) is 20.6 Å². The molecule has 38 heavy (non-hydrogen) atoms. The molecule has 1 unspecified atom stereocenters. The van der Waals surface area contributed by atoms with E-state index in [9.17, 15) is 19.5 Å². The average Bonchev–Trinajstić information content (AvgIpc) is 3.46. The fourth-order valence-corrected chi connectivity index (χ4v) is 5.55. The molecule has 0 spiro atoms. The summed E-state index contributed by atoms with van der Waals surface area (Å²) in [6, 6.07) is 4.91. The molecule has 2 aromatic rings. The molecular formula is C28H41N5O4S. The fraction of sp³-hybridized carbons (Fsp3) is 0.571. The van der Waals surface area contributed by atoms with Crippen LogP contribution in [0.25, 0.3) is 10.4 Å². The van der Waals surface area contributed by atoms with Crippen molar-refractivity contribution in [2.24, 2.45) is 11.1 Å². The van der Waals surface area contributed by atoms with E-state index in [-0.39, 0.29) is 55.1 Å². The normalized spacial score (nSPS) is 18.4. The van der Waals surface area contributed by atoms with E-state index in [1.165, 1.54) is 21.1 Å². The van der Waals surface area contributed by atoms with Crippen molar-refractivity contribution in [1.29, 1.82) is 0 Å². The van der Waals surface area contributed by atoms with Gasteiger partial charge in [-0.1, -0.05) is 26.0 Å². The van der Waals surface area contributed by atoms with Crippen LogP contribution >= 0.6 is 11.3 Å². The first-order valence-corrected chi connectivity index (χ1v) is 13.9. The lowest BCUT2D eigenvalue weighted by Gasteiger charge is -2.30. The number of aliphatic hydroxyl groups is 1. The summed E-state index contributed by atoms with van der Waals surface area (Å²) in [6.45, 7) is 8.18. The lowest BCUT2D eigenvalue weighted by molar-refractivity contribution is -0.140. The van der Waals surface area contributed by atoms with Crippen LogP contribution in [0.3, 0.4) is 0 Å². The standard InChI is InChI=1S/C28H41N5O4S/c1-17(29)9-10-28(3,4)13-24(35)33-15-21(34)12-23(33)26(36)30-14-20-8-7-19(25-18(2)31-16-38-25)11-22(20)27(37)32(5)6/h7-8,11,16-17,21,23,34H,9-10,12-15,29H2,1-6H3,(H,30,36)/t17?,21-,23+/m1/s1. The molecule has 4 N–H and O–H groups in total. The number of nitrogens with two attached hydrogens (primary N) is 1. The van der Waals surface area contributed by atoms with Crippen molar-refractivity contribution < 1.29 is 19.5 Å². The molecule has 0 radical (unpaired) electrons. The third-order valence-corrected chi connectivity index (χ3v) is 7.99. The molecule has 1 aliphatic heterocycles. The van der Waals surface area contributed by atoms with Gasteiger partial charge in [-0.05, 0) is 49.3 Å². The lowest BCUT2D eigenvalue weighted by atomic mass is 9.83. The molecule has 1 aromatic heterocycles. The van der Waals surface area contributed by atoms with E-state index in [2.05, 4.69) is 10.3 Å². The monoisotopic (exact) mass is 543 g/mol. The van der Waals surface area contributed by atoms with E-state index in [1.807, 2.05) is 45.9 Å². The van der Waals surface area contributed by atoms with Gasteiger partial charge in [0, 0.05) is 51.6 Å². The zero-order valence-corrected chi connectivity index (χ0v) is 24.1. The molecule has 10 heteroatoms. The van der Waals surface area contributed by atoms with Crippen molar-refractivity contribution >= 4 is 29.1 Å². The number of aryl methyl sites for hydroxylation is 1. The van der Waals surface area contributed by atoms with Crippen molar-refractivity contribution in [3.63, 3.8) is 0 Å². The highest BCUT2D eigenvalue weighted by Gasteiger charge is 2.40. The number of rotatable bonds is 10. The van der Waals surface area contributed by atoms with Gasteiger partial charge in [0.05, 0.1) is 22.2 Å². The Morgan fingerprint density at radius 3 is 2.63 bits per heavy atom. The summed E-state index contributed by atoms with van der Waals surface area (Å²) >= 11 is 1.51. The molecule has 1 fully saturated rings. The van der Waals surface area contributed by atoms with Crippen LogP contribution in [0.5, 0.6) is 0 Å². The smallest absolute Gasteiger partial charge is 0.253 e.